The summed E-state index contributed by atoms with van der Waals surface area (Å²) < 4.78 is 10.2. The molecule has 100 valence electrons. The highest BCUT2D eigenvalue weighted by Gasteiger charge is 2.27. The van der Waals surface area contributed by atoms with Crippen LogP contribution in [0.1, 0.15) is 40.5 Å². The van der Waals surface area contributed by atoms with Crippen molar-refractivity contribution < 1.29 is 14.3 Å². The first-order valence-corrected chi connectivity index (χ1v) is 6.15. The Morgan fingerprint density at radius 2 is 1.94 bits per heavy atom. The van der Waals surface area contributed by atoms with Gasteiger partial charge in [0.2, 0.25) is 0 Å². The smallest absolute Gasteiger partial charge is 0.312 e. The van der Waals surface area contributed by atoms with Crippen LogP contribution in [0.3, 0.4) is 0 Å². The molecule has 0 aliphatic carbocycles. The Balaban J connectivity index is 3.86. The van der Waals surface area contributed by atoms with Gasteiger partial charge in [0.15, 0.2) is 0 Å². The Morgan fingerprint density at radius 1 is 1.22 bits per heavy atom. The van der Waals surface area contributed by atoms with Gasteiger partial charge in [-0.05, 0) is 27.7 Å². The summed E-state index contributed by atoms with van der Waals surface area (Å²) in [6.07, 6.45) is 1.20. The van der Waals surface area contributed by atoms with Crippen LogP contribution in [0, 0.1) is 29.1 Å². The second-order valence-corrected chi connectivity index (χ2v) is 4.36. The fraction of sp³-hybridized carbons (Fsp3) is 0.667. The largest absolute Gasteiger partial charge is 0.466 e. The van der Waals surface area contributed by atoms with Gasteiger partial charge in [-0.3, -0.25) is 4.79 Å². The summed E-state index contributed by atoms with van der Waals surface area (Å²) in [7, 11) is 0. The summed E-state index contributed by atoms with van der Waals surface area (Å²) >= 11 is 0. The van der Waals surface area contributed by atoms with Crippen LogP contribution < -0.4 is 0 Å². The molecule has 0 atom stereocenters. The van der Waals surface area contributed by atoms with Crippen LogP contribution in [0.2, 0.25) is 0 Å². The first kappa shape index (κ1) is 16.6. The highest BCUT2D eigenvalue weighted by atomic mass is 16.5. The predicted molar refractivity (Wildman–Crippen MR) is 71.7 cm³/mol. The van der Waals surface area contributed by atoms with Crippen molar-refractivity contribution in [3.05, 3.63) is 0 Å². The second-order valence-electron chi connectivity index (χ2n) is 4.36. The summed E-state index contributed by atoms with van der Waals surface area (Å²) in [5.41, 5.74) is -0.559. The number of carbonyl (C=O) groups is 1. The number of hydrogen-bond donors (Lipinski definition) is 0. The molecule has 0 aliphatic heterocycles. The van der Waals surface area contributed by atoms with E-state index >= 15 is 0 Å². The van der Waals surface area contributed by atoms with Crippen LogP contribution in [0.5, 0.6) is 0 Å². The van der Waals surface area contributed by atoms with Crippen molar-refractivity contribution in [2.45, 2.75) is 40.5 Å². The quantitative estimate of drug-likeness (QED) is 0.412. The fourth-order valence-corrected chi connectivity index (χ4v) is 1.10. The highest BCUT2D eigenvalue weighted by Crippen LogP contribution is 2.21. The lowest BCUT2D eigenvalue weighted by Gasteiger charge is -2.18. The van der Waals surface area contributed by atoms with Gasteiger partial charge in [-0.1, -0.05) is 11.8 Å². The molecule has 0 spiro atoms. The van der Waals surface area contributed by atoms with E-state index in [9.17, 15) is 4.79 Å². The van der Waals surface area contributed by atoms with Crippen LogP contribution in [0.15, 0.2) is 0 Å². The van der Waals surface area contributed by atoms with Crippen molar-refractivity contribution in [3.63, 3.8) is 0 Å². The predicted octanol–water partition coefficient (Wildman–Crippen LogP) is 2.40. The van der Waals surface area contributed by atoms with Gasteiger partial charge >= 0.3 is 5.97 Å². The van der Waals surface area contributed by atoms with E-state index in [-0.39, 0.29) is 5.97 Å². The van der Waals surface area contributed by atoms with E-state index < -0.39 is 5.41 Å². The van der Waals surface area contributed by atoms with Gasteiger partial charge in [0, 0.05) is 12.8 Å². The minimum absolute atomic E-state index is 0.210. The first-order chi connectivity index (χ1) is 8.54. The van der Waals surface area contributed by atoms with Crippen molar-refractivity contribution in [2.75, 3.05) is 19.8 Å². The lowest BCUT2D eigenvalue weighted by Crippen LogP contribution is -2.26. The molecule has 0 aromatic rings. The number of rotatable bonds is 6. The molecule has 0 rings (SSSR count). The summed E-state index contributed by atoms with van der Waals surface area (Å²) in [4.78, 5) is 11.6. The Kier molecular flexibility index (Phi) is 8.80. The normalized spacial score (nSPS) is 9.78. The van der Waals surface area contributed by atoms with Crippen LogP contribution in [0.4, 0.5) is 0 Å². The SMILES string of the molecule is CC#CCCOCC#CCC(C)(C)C(=O)OCC. The van der Waals surface area contributed by atoms with E-state index in [1.807, 2.05) is 13.8 Å². The monoisotopic (exact) mass is 250 g/mol. The highest BCUT2D eigenvalue weighted by molar-refractivity contribution is 5.76. The number of esters is 1. The molecule has 0 unspecified atom stereocenters. The maximum atomic E-state index is 11.6. The lowest BCUT2D eigenvalue weighted by molar-refractivity contribution is -0.153. The van der Waals surface area contributed by atoms with Gasteiger partial charge in [0.1, 0.15) is 6.61 Å². The Hall–Kier alpha value is -1.45. The Labute approximate surface area is 110 Å². The van der Waals surface area contributed by atoms with Crippen molar-refractivity contribution in [1.82, 2.24) is 0 Å². The fourth-order valence-electron chi connectivity index (χ4n) is 1.10. The van der Waals surface area contributed by atoms with E-state index in [1.54, 1.807) is 13.8 Å². The number of carbonyl (C=O) groups excluding carboxylic acids is 1. The third-order valence-corrected chi connectivity index (χ3v) is 2.21. The van der Waals surface area contributed by atoms with E-state index in [0.29, 0.717) is 26.2 Å². The van der Waals surface area contributed by atoms with Crippen molar-refractivity contribution in [1.29, 1.82) is 0 Å². The minimum Gasteiger partial charge on any atom is -0.466 e. The van der Waals surface area contributed by atoms with Crippen LogP contribution in [-0.4, -0.2) is 25.8 Å². The van der Waals surface area contributed by atoms with Gasteiger partial charge in [-0.2, -0.15) is 0 Å². The molecular formula is C15H22O3. The molecule has 3 heteroatoms. The summed E-state index contributed by atoms with van der Waals surface area (Å²) in [6, 6.07) is 0. The third kappa shape index (κ3) is 7.76. The molecule has 0 aromatic carbocycles. The van der Waals surface area contributed by atoms with E-state index in [0.717, 1.165) is 6.42 Å². The van der Waals surface area contributed by atoms with Crippen LogP contribution >= 0.6 is 0 Å². The molecule has 0 saturated carbocycles. The van der Waals surface area contributed by atoms with E-state index in [1.165, 1.54) is 0 Å². The van der Waals surface area contributed by atoms with Gasteiger partial charge in [0.05, 0.1) is 18.6 Å². The first-order valence-electron chi connectivity index (χ1n) is 6.15. The Morgan fingerprint density at radius 3 is 2.56 bits per heavy atom. The third-order valence-electron chi connectivity index (χ3n) is 2.21. The molecule has 0 saturated heterocycles. The summed E-state index contributed by atoms with van der Waals surface area (Å²) in [6.45, 7) is 8.64. The van der Waals surface area contributed by atoms with E-state index in [4.69, 9.17) is 9.47 Å². The number of ether oxygens (including phenoxy) is 2. The van der Waals surface area contributed by atoms with Crippen LogP contribution in [-0.2, 0) is 14.3 Å². The minimum atomic E-state index is -0.559. The summed E-state index contributed by atoms with van der Waals surface area (Å²) in [5.74, 6) is 11.3. The molecule has 0 amide bonds. The molecule has 3 nitrogen and oxygen atoms in total. The molecule has 0 bridgehead atoms. The van der Waals surface area contributed by atoms with Gasteiger partial charge in [-0.15, -0.1) is 11.8 Å². The maximum Gasteiger partial charge on any atom is 0.312 e. The molecule has 0 fully saturated rings. The topological polar surface area (TPSA) is 35.5 Å². The maximum absolute atomic E-state index is 11.6. The molecular weight excluding hydrogens is 228 g/mol. The van der Waals surface area contributed by atoms with Crippen molar-refractivity contribution in [3.8, 4) is 23.7 Å². The lowest BCUT2D eigenvalue weighted by atomic mass is 9.90. The average molecular weight is 250 g/mol. The van der Waals surface area contributed by atoms with Gasteiger partial charge in [0.25, 0.3) is 0 Å². The molecule has 18 heavy (non-hydrogen) atoms. The molecule has 0 aromatic heterocycles. The molecule has 0 heterocycles. The van der Waals surface area contributed by atoms with Crippen LogP contribution in [0.25, 0.3) is 0 Å². The van der Waals surface area contributed by atoms with Crippen molar-refractivity contribution in [2.24, 2.45) is 5.41 Å². The zero-order valence-electron chi connectivity index (χ0n) is 11.8. The zero-order chi connectivity index (χ0) is 13.9. The van der Waals surface area contributed by atoms with Gasteiger partial charge < -0.3 is 9.47 Å². The standard InChI is InChI=1S/C15H22O3/c1-5-7-9-12-17-13-10-8-11-15(3,4)14(16)18-6-2/h6,9,11-13H2,1-4H3. The Bertz CT molecular complexity index is 361. The molecule has 0 N–H and O–H groups in total. The number of hydrogen-bond acceptors (Lipinski definition) is 3. The van der Waals surface area contributed by atoms with Gasteiger partial charge in [-0.25, -0.2) is 0 Å². The second kappa shape index (κ2) is 9.57. The molecule has 0 aliphatic rings. The summed E-state index contributed by atoms with van der Waals surface area (Å²) in [5, 5.41) is 0. The van der Waals surface area contributed by atoms with Crippen molar-refractivity contribution >= 4 is 5.97 Å². The average Bonchev–Trinajstić information content (AvgIpc) is 2.33. The zero-order valence-corrected chi connectivity index (χ0v) is 11.8. The van der Waals surface area contributed by atoms with E-state index in [2.05, 4.69) is 23.7 Å². The molecule has 0 radical (unpaired) electrons.